The first-order valence-electron chi connectivity index (χ1n) is 6.07. The molecule has 1 amide bonds. The minimum Gasteiger partial charge on any atom is -0.477 e. The molecule has 8 heteroatoms. The van der Waals surface area contributed by atoms with Gasteiger partial charge in [-0.3, -0.25) is 4.79 Å². The second-order valence-corrected chi connectivity index (χ2v) is 4.63. The minimum atomic E-state index is -1.11. The van der Waals surface area contributed by atoms with Gasteiger partial charge in [0.25, 0.3) is 0 Å². The van der Waals surface area contributed by atoms with Gasteiger partial charge >= 0.3 is 5.97 Å². The molecular weight excluding hydrogens is 252 g/mol. The van der Waals surface area contributed by atoms with E-state index in [0.717, 1.165) is 17.9 Å². The topological polar surface area (TPSA) is 109 Å². The fraction of sp³-hybridized carbons (Fsp3) is 0.545. The number of hydrazone groups is 1. The SMILES string of the molecule is O=C(O)C1=NN(Cc2noc(C3CC3)n2)C(=O)CC1. The summed E-state index contributed by atoms with van der Waals surface area (Å²) >= 11 is 0. The Hall–Kier alpha value is -2.25. The summed E-state index contributed by atoms with van der Waals surface area (Å²) in [5, 5.41) is 17.6. The van der Waals surface area contributed by atoms with Gasteiger partial charge in [-0.05, 0) is 12.8 Å². The van der Waals surface area contributed by atoms with Crippen molar-refractivity contribution in [3.05, 3.63) is 11.7 Å². The van der Waals surface area contributed by atoms with Crippen molar-refractivity contribution in [3.8, 4) is 0 Å². The Morgan fingerprint density at radius 3 is 2.89 bits per heavy atom. The molecule has 1 aromatic rings. The van der Waals surface area contributed by atoms with Gasteiger partial charge in [0, 0.05) is 18.8 Å². The van der Waals surface area contributed by atoms with Crippen LogP contribution >= 0.6 is 0 Å². The Morgan fingerprint density at radius 2 is 2.21 bits per heavy atom. The number of aliphatic carboxylic acids is 1. The number of aromatic nitrogens is 2. The number of hydrogen-bond donors (Lipinski definition) is 1. The van der Waals surface area contributed by atoms with Crippen molar-refractivity contribution in [2.45, 2.75) is 38.1 Å². The molecule has 0 aromatic carbocycles. The number of nitrogens with zero attached hydrogens (tertiary/aromatic N) is 4. The van der Waals surface area contributed by atoms with Gasteiger partial charge in [0.05, 0.1) is 0 Å². The van der Waals surface area contributed by atoms with Crippen LogP contribution in [-0.2, 0) is 16.1 Å². The zero-order valence-electron chi connectivity index (χ0n) is 10.1. The predicted molar refractivity (Wildman–Crippen MR) is 61.1 cm³/mol. The van der Waals surface area contributed by atoms with Crippen LogP contribution in [0.1, 0.15) is 43.3 Å². The fourth-order valence-electron chi connectivity index (χ4n) is 1.84. The van der Waals surface area contributed by atoms with E-state index < -0.39 is 5.97 Å². The lowest BCUT2D eigenvalue weighted by Gasteiger charge is -2.20. The molecule has 0 saturated heterocycles. The molecule has 1 N–H and O–H groups in total. The molecule has 1 aliphatic carbocycles. The summed E-state index contributed by atoms with van der Waals surface area (Å²) < 4.78 is 5.08. The van der Waals surface area contributed by atoms with E-state index in [4.69, 9.17) is 9.63 Å². The highest BCUT2D eigenvalue weighted by molar-refractivity contribution is 6.36. The molecule has 0 spiro atoms. The summed E-state index contributed by atoms with van der Waals surface area (Å²) in [6.45, 7) is 0.0475. The van der Waals surface area contributed by atoms with E-state index >= 15 is 0 Å². The molecule has 1 fully saturated rings. The number of carbonyl (C=O) groups excluding carboxylic acids is 1. The molecule has 8 nitrogen and oxygen atoms in total. The zero-order chi connectivity index (χ0) is 13.4. The molecule has 2 aliphatic rings. The van der Waals surface area contributed by atoms with Gasteiger partial charge < -0.3 is 9.63 Å². The second kappa shape index (κ2) is 4.45. The van der Waals surface area contributed by atoms with Crippen molar-refractivity contribution in [3.63, 3.8) is 0 Å². The molecule has 1 aliphatic heterocycles. The highest BCUT2D eigenvalue weighted by Gasteiger charge is 2.31. The van der Waals surface area contributed by atoms with E-state index in [9.17, 15) is 9.59 Å². The largest absolute Gasteiger partial charge is 0.477 e. The maximum atomic E-state index is 11.7. The van der Waals surface area contributed by atoms with Crippen LogP contribution in [0.3, 0.4) is 0 Å². The van der Waals surface area contributed by atoms with Gasteiger partial charge in [0.2, 0.25) is 11.8 Å². The summed E-state index contributed by atoms with van der Waals surface area (Å²) in [5.41, 5.74) is -0.0227. The Morgan fingerprint density at radius 1 is 1.42 bits per heavy atom. The summed E-state index contributed by atoms with van der Waals surface area (Å²) in [7, 11) is 0. The first-order valence-corrected chi connectivity index (χ1v) is 6.07. The first kappa shape index (κ1) is 11.8. The van der Waals surface area contributed by atoms with Gasteiger partial charge in [-0.15, -0.1) is 0 Å². The summed E-state index contributed by atoms with van der Waals surface area (Å²) in [4.78, 5) is 26.7. The molecule has 0 bridgehead atoms. The number of carboxylic acid groups (broad SMARTS) is 1. The third kappa shape index (κ3) is 2.47. The van der Waals surface area contributed by atoms with Gasteiger partial charge in [0.15, 0.2) is 5.82 Å². The van der Waals surface area contributed by atoms with Crippen LogP contribution in [-0.4, -0.2) is 37.8 Å². The average Bonchev–Trinajstić information content (AvgIpc) is 3.13. The lowest BCUT2D eigenvalue weighted by Crippen LogP contribution is -2.34. The first-order chi connectivity index (χ1) is 9.13. The van der Waals surface area contributed by atoms with Crippen molar-refractivity contribution < 1.29 is 19.2 Å². The summed E-state index contributed by atoms with van der Waals surface area (Å²) in [6.07, 6.45) is 2.39. The van der Waals surface area contributed by atoms with E-state index in [2.05, 4.69) is 15.2 Å². The van der Waals surface area contributed by atoms with Gasteiger partial charge in [-0.25, -0.2) is 9.80 Å². The Kier molecular flexibility index (Phi) is 2.77. The van der Waals surface area contributed by atoms with E-state index in [0.29, 0.717) is 17.6 Å². The predicted octanol–water partition coefficient (Wildman–Crippen LogP) is 0.510. The van der Waals surface area contributed by atoms with Crippen molar-refractivity contribution in [2.24, 2.45) is 5.10 Å². The van der Waals surface area contributed by atoms with Crippen LogP contribution in [0, 0.1) is 0 Å². The maximum Gasteiger partial charge on any atom is 0.352 e. The lowest BCUT2D eigenvalue weighted by atomic mass is 10.2. The van der Waals surface area contributed by atoms with Crippen LogP contribution in [0.2, 0.25) is 0 Å². The molecule has 2 heterocycles. The smallest absolute Gasteiger partial charge is 0.352 e. The van der Waals surface area contributed by atoms with E-state index in [1.165, 1.54) is 0 Å². The van der Waals surface area contributed by atoms with Gasteiger partial charge in [-0.1, -0.05) is 5.16 Å². The number of rotatable bonds is 4. The van der Waals surface area contributed by atoms with Crippen LogP contribution in [0.5, 0.6) is 0 Å². The minimum absolute atomic E-state index is 0.0227. The highest BCUT2D eigenvalue weighted by Crippen LogP contribution is 2.38. The maximum absolute atomic E-state index is 11.7. The average molecular weight is 264 g/mol. The van der Waals surface area contributed by atoms with Crippen molar-refractivity contribution >= 4 is 17.6 Å². The standard InChI is InChI=1S/C11H12N4O4/c16-9-4-3-7(11(17)18)13-15(9)5-8-12-10(19-14-8)6-1-2-6/h6H,1-5H2,(H,17,18). The van der Waals surface area contributed by atoms with Crippen LogP contribution < -0.4 is 0 Å². The summed E-state index contributed by atoms with van der Waals surface area (Å²) in [6, 6.07) is 0. The highest BCUT2D eigenvalue weighted by atomic mass is 16.5. The Labute approximate surface area is 108 Å². The molecule has 100 valence electrons. The molecular formula is C11H12N4O4. The molecule has 1 aromatic heterocycles. The van der Waals surface area contributed by atoms with Crippen LogP contribution in [0.25, 0.3) is 0 Å². The van der Waals surface area contributed by atoms with Gasteiger partial charge in [-0.2, -0.15) is 10.1 Å². The molecule has 0 atom stereocenters. The van der Waals surface area contributed by atoms with Crippen molar-refractivity contribution in [2.75, 3.05) is 0 Å². The Balaban J connectivity index is 1.74. The molecule has 0 unspecified atom stereocenters. The number of carboxylic acids is 1. The summed E-state index contributed by atoms with van der Waals surface area (Å²) in [5.74, 6) is -0.0593. The van der Waals surface area contributed by atoms with Crippen molar-refractivity contribution in [1.82, 2.24) is 15.1 Å². The zero-order valence-corrected chi connectivity index (χ0v) is 10.1. The Bertz CT molecular complexity index is 561. The number of hydrogen-bond acceptors (Lipinski definition) is 6. The monoisotopic (exact) mass is 264 g/mol. The van der Waals surface area contributed by atoms with E-state index in [1.807, 2.05) is 0 Å². The number of amides is 1. The van der Waals surface area contributed by atoms with Crippen LogP contribution in [0.15, 0.2) is 9.62 Å². The van der Waals surface area contributed by atoms with E-state index in [1.54, 1.807) is 0 Å². The van der Waals surface area contributed by atoms with Gasteiger partial charge in [0.1, 0.15) is 12.3 Å². The second-order valence-electron chi connectivity index (χ2n) is 4.63. The number of carbonyl (C=O) groups is 2. The molecule has 3 rings (SSSR count). The third-order valence-corrected chi connectivity index (χ3v) is 3.05. The quantitative estimate of drug-likeness (QED) is 0.848. The lowest BCUT2D eigenvalue weighted by molar-refractivity contribution is -0.133. The van der Waals surface area contributed by atoms with Crippen molar-refractivity contribution in [1.29, 1.82) is 0 Å². The normalized spacial score (nSPS) is 19.5. The fourth-order valence-corrected chi connectivity index (χ4v) is 1.84. The molecule has 0 radical (unpaired) electrons. The molecule has 19 heavy (non-hydrogen) atoms. The van der Waals surface area contributed by atoms with E-state index in [-0.39, 0.29) is 31.0 Å². The van der Waals surface area contributed by atoms with Crippen LogP contribution in [0.4, 0.5) is 0 Å². The molecule has 1 saturated carbocycles. The third-order valence-electron chi connectivity index (χ3n) is 3.05.